The quantitative estimate of drug-likeness (QED) is 0.734. The zero-order chi connectivity index (χ0) is 15.1. The maximum atomic E-state index is 11.4. The summed E-state index contributed by atoms with van der Waals surface area (Å²) in [5.41, 5.74) is 1.61. The Hall–Kier alpha value is -0.990. The lowest BCUT2D eigenvalue weighted by molar-refractivity contribution is 0.0349. The molecule has 0 aromatic carbocycles. The van der Waals surface area contributed by atoms with Crippen molar-refractivity contribution < 1.29 is 9.53 Å². The van der Waals surface area contributed by atoms with Gasteiger partial charge in [-0.25, -0.2) is 4.79 Å². The SMILES string of the molecule is CNC(=O)OC1CCC2C(=CCC3C4CCCC4CCC23)C1. The largest absolute Gasteiger partial charge is 0.446 e. The first-order valence-electron chi connectivity index (χ1n) is 9.33. The molecule has 6 atom stereocenters. The fraction of sp³-hybridized carbons (Fsp3) is 0.842. The van der Waals surface area contributed by atoms with E-state index in [-0.39, 0.29) is 12.2 Å². The molecule has 0 spiro atoms. The summed E-state index contributed by atoms with van der Waals surface area (Å²) in [6.45, 7) is 0. The van der Waals surface area contributed by atoms with Crippen molar-refractivity contribution in [1.82, 2.24) is 5.32 Å². The van der Waals surface area contributed by atoms with Crippen LogP contribution in [0, 0.1) is 29.6 Å². The molecule has 4 aliphatic rings. The monoisotopic (exact) mass is 303 g/mol. The van der Waals surface area contributed by atoms with E-state index < -0.39 is 0 Å². The normalized spacial score (nSPS) is 43.4. The molecule has 0 aliphatic heterocycles. The molecule has 3 nitrogen and oxygen atoms in total. The van der Waals surface area contributed by atoms with Crippen LogP contribution in [-0.4, -0.2) is 19.2 Å². The zero-order valence-electron chi connectivity index (χ0n) is 13.7. The van der Waals surface area contributed by atoms with Crippen molar-refractivity contribution in [2.24, 2.45) is 29.6 Å². The number of hydrogen-bond donors (Lipinski definition) is 1. The van der Waals surface area contributed by atoms with Gasteiger partial charge in [0.05, 0.1) is 0 Å². The summed E-state index contributed by atoms with van der Waals surface area (Å²) in [7, 11) is 1.64. The predicted octanol–water partition coefficient (Wildman–Crippen LogP) is 4.28. The summed E-state index contributed by atoms with van der Waals surface area (Å²) in [5.74, 6) is 4.76. The molecule has 0 bridgehead atoms. The van der Waals surface area contributed by atoms with Gasteiger partial charge in [-0.2, -0.15) is 0 Å². The van der Waals surface area contributed by atoms with Crippen LogP contribution in [0.5, 0.6) is 0 Å². The molecule has 122 valence electrons. The lowest BCUT2D eigenvalue weighted by atomic mass is 9.57. The van der Waals surface area contributed by atoms with E-state index in [1.165, 1.54) is 44.9 Å². The van der Waals surface area contributed by atoms with Gasteiger partial charge in [0, 0.05) is 13.5 Å². The Labute approximate surface area is 133 Å². The van der Waals surface area contributed by atoms with Gasteiger partial charge < -0.3 is 10.1 Å². The first-order chi connectivity index (χ1) is 10.8. The van der Waals surface area contributed by atoms with Crippen LogP contribution in [0.15, 0.2) is 11.6 Å². The second kappa shape index (κ2) is 5.90. The lowest BCUT2D eigenvalue weighted by Crippen LogP contribution is -2.41. The molecule has 1 N–H and O–H groups in total. The number of alkyl carbamates (subject to hydrolysis) is 1. The van der Waals surface area contributed by atoms with Gasteiger partial charge in [0.25, 0.3) is 0 Å². The molecule has 4 rings (SSSR count). The second-order valence-electron chi connectivity index (χ2n) is 7.94. The number of rotatable bonds is 1. The third-order valence-corrected chi connectivity index (χ3v) is 7.07. The maximum Gasteiger partial charge on any atom is 0.407 e. The molecule has 0 saturated heterocycles. The van der Waals surface area contributed by atoms with Crippen LogP contribution in [0.25, 0.3) is 0 Å². The summed E-state index contributed by atoms with van der Waals surface area (Å²) in [4.78, 5) is 11.4. The van der Waals surface area contributed by atoms with E-state index in [2.05, 4.69) is 11.4 Å². The van der Waals surface area contributed by atoms with Gasteiger partial charge in [-0.1, -0.05) is 24.5 Å². The van der Waals surface area contributed by atoms with Gasteiger partial charge in [-0.15, -0.1) is 0 Å². The minimum atomic E-state index is -0.274. The summed E-state index contributed by atoms with van der Waals surface area (Å²) >= 11 is 0. The first-order valence-corrected chi connectivity index (χ1v) is 9.33. The van der Waals surface area contributed by atoms with Gasteiger partial charge in [-0.05, 0) is 68.1 Å². The van der Waals surface area contributed by atoms with Crippen molar-refractivity contribution in [1.29, 1.82) is 0 Å². The van der Waals surface area contributed by atoms with E-state index in [0.29, 0.717) is 0 Å². The number of carbonyl (C=O) groups excluding carboxylic acids is 1. The molecule has 6 unspecified atom stereocenters. The highest BCUT2D eigenvalue weighted by Gasteiger charge is 2.47. The van der Waals surface area contributed by atoms with Gasteiger partial charge in [0.1, 0.15) is 6.10 Å². The summed E-state index contributed by atoms with van der Waals surface area (Å²) in [6.07, 6.45) is 14.3. The molecular formula is C19H29NO2. The van der Waals surface area contributed by atoms with Crippen LogP contribution in [0.2, 0.25) is 0 Å². The van der Waals surface area contributed by atoms with E-state index in [0.717, 1.165) is 42.4 Å². The standard InChI is InChI=1S/C19H29NO2/c1-20-19(21)22-14-7-10-16-13(11-14)6-9-17-15-4-2-3-12(15)5-8-18(16)17/h6,12,14-18H,2-5,7-11H2,1H3,(H,20,21). The van der Waals surface area contributed by atoms with Crippen molar-refractivity contribution in [2.45, 2.75) is 63.9 Å². The van der Waals surface area contributed by atoms with E-state index >= 15 is 0 Å². The highest BCUT2D eigenvalue weighted by atomic mass is 16.6. The molecule has 3 saturated carbocycles. The first kappa shape index (κ1) is 14.6. The molecule has 0 radical (unpaired) electrons. The topological polar surface area (TPSA) is 38.3 Å². The molecule has 4 aliphatic carbocycles. The minimum Gasteiger partial charge on any atom is -0.446 e. The number of carbonyl (C=O) groups is 1. The molecular weight excluding hydrogens is 274 g/mol. The average molecular weight is 303 g/mol. The smallest absolute Gasteiger partial charge is 0.407 e. The van der Waals surface area contributed by atoms with Crippen LogP contribution in [0.4, 0.5) is 4.79 Å². The zero-order valence-corrected chi connectivity index (χ0v) is 13.7. The number of ether oxygens (including phenoxy) is 1. The highest BCUT2D eigenvalue weighted by molar-refractivity contribution is 5.66. The van der Waals surface area contributed by atoms with Crippen molar-refractivity contribution in [3.63, 3.8) is 0 Å². The van der Waals surface area contributed by atoms with Crippen LogP contribution in [-0.2, 0) is 4.74 Å². The number of fused-ring (bicyclic) bond motifs is 5. The van der Waals surface area contributed by atoms with Gasteiger partial charge in [0.15, 0.2) is 0 Å². The molecule has 1 amide bonds. The predicted molar refractivity (Wildman–Crippen MR) is 86.4 cm³/mol. The summed E-state index contributed by atoms with van der Waals surface area (Å²) in [5, 5.41) is 2.57. The van der Waals surface area contributed by atoms with E-state index in [1.54, 1.807) is 12.6 Å². The van der Waals surface area contributed by atoms with Crippen molar-refractivity contribution in [3.05, 3.63) is 11.6 Å². The van der Waals surface area contributed by atoms with Crippen LogP contribution in [0.1, 0.15) is 57.8 Å². The minimum absolute atomic E-state index is 0.0989. The number of amides is 1. The lowest BCUT2D eigenvalue weighted by Gasteiger charge is -2.49. The van der Waals surface area contributed by atoms with Gasteiger partial charge in [0.2, 0.25) is 0 Å². The Balaban J connectivity index is 1.46. The van der Waals surface area contributed by atoms with Gasteiger partial charge >= 0.3 is 6.09 Å². The Kier molecular flexibility index (Phi) is 3.91. The highest BCUT2D eigenvalue weighted by Crippen LogP contribution is 2.56. The van der Waals surface area contributed by atoms with E-state index in [9.17, 15) is 4.79 Å². The number of allylic oxidation sites excluding steroid dienone is 1. The second-order valence-corrected chi connectivity index (χ2v) is 7.94. The molecule has 3 heteroatoms. The molecule has 3 fully saturated rings. The molecule has 0 heterocycles. The third kappa shape index (κ3) is 2.47. The number of hydrogen-bond acceptors (Lipinski definition) is 2. The Bertz CT molecular complexity index is 472. The Morgan fingerprint density at radius 1 is 1.09 bits per heavy atom. The average Bonchev–Trinajstić information content (AvgIpc) is 3.03. The van der Waals surface area contributed by atoms with Crippen LogP contribution >= 0.6 is 0 Å². The fourth-order valence-corrected chi connectivity index (χ4v) is 6.16. The van der Waals surface area contributed by atoms with Crippen LogP contribution < -0.4 is 5.32 Å². The van der Waals surface area contributed by atoms with Crippen LogP contribution in [0.3, 0.4) is 0 Å². The van der Waals surface area contributed by atoms with Crippen molar-refractivity contribution >= 4 is 6.09 Å². The van der Waals surface area contributed by atoms with Crippen molar-refractivity contribution in [2.75, 3.05) is 7.05 Å². The molecule has 0 aromatic rings. The summed E-state index contributed by atoms with van der Waals surface area (Å²) in [6, 6.07) is 0. The van der Waals surface area contributed by atoms with Gasteiger partial charge in [-0.3, -0.25) is 0 Å². The Morgan fingerprint density at radius 3 is 2.86 bits per heavy atom. The third-order valence-electron chi connectivity index (χ3n) is 7.07. The summed E-state index contributed by atoms with van der Waals surface area (Å²) < 4.78 is 5.50. The molecule has 0 aromatic heterocycles. The van der Waals surface area contributed by atoms with E-state index in [4.69, 9.17) is 4.74 Å². The fourth-order valence-electron chi connectivity index (χ4n) is 6.16. The van der Waals surface area contributed by atoms with E-state index in [1.807, 2.05) is 0 Å². The number of nitrogens with one attached hydrogen (secondary N) is 1. The Morgan fingerprint density at radius 2 is 2.00 bits per heavy atom. The van der Waals surface area contributed by atoms with Crippen molar-refractivity contribution in [3.8, 4) is 0 Å². The maximum absolute atomic E-state index is 11.4. The molecule has 22 heavy (non-hydrogen) atoms.